The van der Waals surface area contributed by atoms with E-state index in [1.54, 1.807) is 37.7 Å². The average Bonchev–Trinajstić information content (AvgIpc) is 3.21. The van der Waals surface area contributed by atoms with Crippen molar-refractivity contribution >= 4 is 23.4 Å². The van der Waals surface area contributed by atoms with E-state index in [0.717, 1.165) is 11.1 Å². The summed E-state index contributed by atoms with van der Waals surface area (Å²) >= 11 is 1.25. The van der Waals surface area contributed by atoms with Crippen LogP contribution < -0.4 is 24.4 Å². The number of rotatable bonds is 8. The molecule has 196 valence electrons. The first-order valence-electron chi connectivity index (χ1n) is 12.3. The molecule has 1 unspecified atom stereocenters. The van der Waals surface area contributed by atoms with Crippen LogP contribution in [-0.4, -0.2) is 30.9 Å². The van der Waals surface area contributed by atoms with Crippen LogP contribution in [0.4, 0.5) is 0 Å². The molecule has 8 heteroatoms. The van der Waals surface area contributed by atoms with Crippen LogP contribution in [0.1, 0.15) is 56.3 Å². The quantitative estimate of drug-likeness (QED) is 0.326. The molecule has 0 aliphatic carbocycles. The zero-order valence-electron chi connectivity index (χ0n) is 22.1. The molecule has 7 nitrogen and oxygen atoms in total. The number of aromatic nitrogens is 1. The number of methoxy groups -OCH3 is 1. The van der Waals surface area contributed by atoms with Gasteiger partial charge in [-0.05, 0) is 43.0 Å². The summed E-state index contributed by atoms with van der Waals surface area (Å²) < 4.78 is 18.6. The molecule has 0 N–H and O–H groups in total. The van der Waals surface area contributed by atoms with E-state index in [0.29, 0.717) is 43.6 Å². The Hall–Kier alpha value is -4.09. The van der Waals surface area contributed by atoms with E-state index in [1.165, 1.54) is 11.3 Å². The second kappa shape index (κ2) is 11.5. The summed E-state index contributed by atoms with van der Waals surface area (Å²) in [6.07, 6.45) is 7.13. The first-order valence-corrected chi connectivity index (χ1v) is 13.1. The molecule has 3 aromatic rings. The Morgan fingerprint density at radius 2 is 1.97 bits per heavy atom. The molecule has 0 spiro atoms. The maximum Gasteiger partial charge on any atom is 0.338 e. The Morgan fingerprint density at radius 3 is 2.61 bits per heavy atom. The fourth-order valence-corrected chi connectivity index (χ4v) is 5.42. The van der Waals surface area contributed by atoms with Crippen LogP contribution >= 0.6 is 11.3 Å². The standard InChI is InChI=1S/C30H30N2O5S/c1-7-16-37-27-22(10-9-11-23(27)35-6)17-24-28(33)32-26(21-14-12-20(13-15-21)18(3)4)25(29(34)36-8-2)19(5)31-30(32)38-24/h1,9-15,17-18,26H,8,16H2,2-6H3. The predicted octanol–water partition coefficient (Wildman–Crippen LogP) is 3.94. The van der Waals surface area contributed by atoms with Crippen molar-refractivity contribution in [1.82, 2.24) is 4.57 Å². The van der Waals surface area contributed by atoms with Gasteiger partial charge in [-0.2, -0.15) is 0 Å². The van der Waals surface area contributed by atoms with Gasteiger partial charge in [0.1, 0.15) is 6.61 Å². The second-order valence-corrected chi connectivity index (χ2v) is 10.0. The molecule has 2 heterocycles. The number of para-hydroxylation sites is 1. The van der Waals surface area contributed by atoms with Crippen molar-refractivity contribution in [3.8, 4) is 23.8 Å². The third kappa shape index (κ3) is 5.15. The molecular weight excluding hydrogens is 500 g/mol. The molecule has 1 atom stereocenters. The van der Waals surface area contributed by atoms with Gasteiger partial charge in [-0.15, -0.1) is 6.42 Å². The number of hydrogen-bond donors (Lipinski definition) is 0. The maximum atomic E-state index is 13.9. The summed E-state index contributed by atoms with van der Waals surface area (Å²) in [4.78, 5) is 32.1. The average molecular weight is 531 g/mol. The van der Waals surface area contributed by atoms with Gasteiger partial charge in [0.05, 0.1) is 35.6 Å². The van der Waals surface area contributed by atoms with Crippen molar-refractivity contribution in [3.05, 3.63) is 90.1 Å². The number of carbonyl (C=O) groups is 1. The summed E-state index contributed by atoms with van der Waals surface area (Å²) in [6, 6.07) is 12.7. The first kappa shape index (κ1) is 27.0. The molecule has 1 aliphatic rings. The topological polar surface area (TPSA) is 79.1 Å². The molecule has 4 rings (SSSR count). The minimum atomic E-state index is -0.670. The third-order valence-electron chi connectivity index (χ3n) is 6.25. The number of allylic oxidation sites excluding steroid dienone is 1. The highest BCUT2D eigenvalue weighted by Crippen LogP contribution is 2.33. The van der Waals surface area contributed by atoms with Gasteiger partial charge in [-0.3, -0.25) is 9.36 Å². The monoisotopic (exact) mass is 530 g/mol. The Balaban J connectivity index is 1.94. The molecular formula is C30H30N2O5S. The van der Waals surface area contributed by atoms with E-state index in [2.05, 4.69) is 24.8 Å². The highest BCUT2D eigenvalue weighted by atomic mass is 32.1. The number of benzene rings is 2. The summed E-state index contributed by atoms with van der Waals surface area (Å²) in [7, 11) is 1.54. The number of ether oxygens (including phenoxy) is 3. The van der Waals surface area contributed by atoms with Crippen molar-refractivity contribution in [3.63, 3.8) is 0 Å². The van der Waals surface area contributed by atoms with E-state index >= 15 is 0 Å². The normalized spacial score (nSPS) is 15.1. The molecule has 0 bridgehead atoms. The van der Waals surface area contributed by atoms with Crippen molar-refractivity contribution in [2.24, 2.45) is 4.99 Å². The second-order valence-electron chi connectivity index (χ2n) is 9.00. The Labute approximate surface area is 225 Å². The van der Waals surface area contributed by atoms with Crippen molar-refractivity contribution in [1.29, 1.82) is 0 Å². The highest BCUT2D eigenvalue weighted by molar-refractivity contribution is 7.07. The van der Waals surface area contributed by atoms with Crippen molar-refractivity contribution < 1.29 is 19.0 Å². The number of terminal acetylenes is 1. The number of esters is 1. The van der Waals surface area contributed by atoms with E-state index in [4.69, 9.17) is 20.6 Å². The number of carbonyl (C=O) groups excluding carboxylic acids is 1. The van der Waals surface area contributed by atoms with Gasteiger partial charge in [-0.1, -0.05) is 67.5 Å². The highest BCUT2D eigenvalue weighted by Gasteiger charge is 2.33. The van der Waals surface area contributed by atoms with Gasteiger partial charge in [0.25, 0.3) is 5.56 Å². The van der Waals surface area contributed by atoms with Crippen LogP contribution in [0.2, 0.25) is 0 Å². The zero-order chi connectivity index (χ0) is 27.4. The molecule has 0 saturated heterocycles. The number of thiazole rings is 1. The lowest BCUT2D eigenvalue weighted by Crippen LogP contribution is -2.39. The fourth-order valence-electron chi connectivity index (χ4n) is 4.39. The molecule has 1 aliphatic heterocycles. The Bertz CT molecular complexity index is 1600. The zero-order valence-corrected chi connectivity index (χ0v) is 22.9. The maximum absolute atomic E-state index is 13.9. The first-order chi connectivity index (χ1) is 18.3. The lowest BCUT2D eigenvalue weighted by Gasteiger charge is -2.25. The molecule has 0 fully saturated rings. The van der Waals surface area contributed by atoms with E-state index in [-0.39, 0.29) is 18.8 Å². The number of nitrogens with zero attached hydrogens (tertiary/aromatic N) is 2. The van der Waals surface area contributed by atoms with Crippen LogP contribution in [-0.2, 0) is 9.53 Å². The lowest BCUT2D eigenvalue weighted by molar-refractivity contribution is -0.139. The number of fused-ring (bicyclic) bond motifs is 1. The third-order valence-corrected chi connectivity index (χ3v) is 7.23. The Morgan fingerprint density at radius 1 is 1.24 bits per heavy atom. The molecule has 0 saturated carbocycles. The molecule has 0 amide bonds. The van der Waals surface area contributed by atoms with E-state index < -0.39 is 12.0 Å². The smallest absolute Gasteiger partial charge is 0.338 e. The van der Waals surface area contributed by atoms with Crippen LogP contribution in [0, 0.1) is 12.3 Å². The molecule has 1 aromatic heterocycles. The fraction of sp³-hybridized carbons (Fsp3) is 0.300. The minimum absolute atomic E-state index is 0.0525. The largest absolute Gasteiger partial charge is 0.493 e. The summed E-state index contributed by atoms with van der Waals surface area (Å²) in [6.45, 7) is 8.03. The van der Waals surface area contributed by atoms with Gasteiger partial charge >= 0.3 is 5.97 Å². The van der Waals surface area contributed by atoms with E-state index in [1.807, 2.05) is 36.4 Å². The van der Waals surface area contributed by atoms with Gasteiger partial charge in [-0.25, -0.2) is 9.79 Å². The van der Waals surface area contributed by atoms with Gasteiger partial charge in [0.15, 0.2) is 16.3 Å². The van der Waals surface area contributed by atoms with Crippen LogP contribution in [0.15, 0.2) is 63.5 Å². The molecule has 2 aromatic carbocycles. The van der Waals surface area contributed by atoms with E-state index in [9.17, 15) is 9.59 Å². The van der Waals surface area contributed by atoms with Crippen LogP contribution in [0.5, 0.6) is 11.5 Å². The van der Waals surface area contributed by atoms with Crippen molar-refractivity contribution in [2.75, 3.05) is 20.3 Å². The summed E-state index contributed by atoms with van der Waals surface area (Å²) in [5.74, 6) is 3.27. The molecule has 38 heavy (non-hydrogen) atoms. The van der Waals surface area contributed by atoms with Gasteiger partial charge in [0.2, 0.25) is 0 Å². The SMILES string of the molecule is C#CCOc1c(C=c2sc3n(c2=O)C(c2ccc(C(C)C)cc2)C(C(=O)OCC)=C(C)N=3)cccc1OC. The van der Waals surface area contributed by atoms with Crippen LogP contribution in [0.3, 0.4) is 0 Å². The minimum Gasteiger partial charge on any atom is -0.493 e. The summed E-state index contributed by atoms with van der Waals surface area (Å²) in [5, 5.41) is 0. The summed E-state index contributed by atoms with van der Waals surface area (Å²) in [5.41, 5.74) is 3.21. The lowest BCUT2D eigenvalue weighted by atomic mass is 9.93. The van der Waals surface area contributed by atoms with Gasteiger partial charge in [0, 0.05) is 5.56 Å². The predicted molar refractivity (Wildman–Crippen MR) is 148 cm³/mol. The van der Waals surface area contributed by atoms with Gasteiger partial charge < -0.3 is 14.2 Å². The Kier molecular flexibility index (Phi) is 8.18. The van der Waals surface area contributed by atoms with Crippen LogP contribution in [0.25, 0.3) is 6.08 Å². The molecule has 0 radical (unpaired) electrons. The number of hydrogen-bond acceptors (Lipinski definition) is 7. The van der Waals surface area contributed by atoms with Crippen molar-refractivity contribution in [2.45, 2.75) is 39.7 Å².